The van der Waals surface area contributed by atoms with Crippen molar-refractivity contribution in [3.8, 4) is 5.75 Å². The molecule has 0 aliphatic carbocycles. The molecule has 0 saturated heterocycles. The Labute approximate surface area is 185 Å². The maximum absolute atomic E-state index is 11.1. The molecule has 0 saturated carbocycles. The van der Waals surface area contributed by atoms with Crippen LogP contribution in [-0.2, 0) is 19.6 Å². The maximum atomic E-state index is 11.1. The number of rotatable bonds is 10. The molecule has 30 heavy (non-hydrogen) atoms. The second-order valence-corrected chi connectivity index (χ2v) is 7.83. The number of aryl methyl sites for hydroxylation is 1. The monoisotopic (exact) mass is 447 g/mol. The van der Waals surface area contributed by atoms with Gasteiger partial charge in [-0.25, -0.2) is 4.98 Å². The molecular formula is C22H23Cl2N3O3. The summed E-state index contributed by atoms with van der Waals surface area (Å²) in [4.78, 5) is 15.0. The zero-order valence-electron chi connectivity index (χ0n) is 16.3. The molecule has 3 rings (SSSR count). The van der Waals surface area contributed by atoms with Crippen LogP contribution in [0.5, 0.6) is 5.75 Å². The van der Waals surface area contributed by atoms with Gasteiger partial charge in [0.2, 0.25) is 0 Å². The minimum absolute atomic E-state index is 0.190. The van der Waals surface area contributed by atoms with Gasteiger partial charge in [0.15, 0.2) is 0 Å². The average molecular weight is 448 g/mol. The van der Waals surface area contributed by atoms with Gasteiger partial charge >= 0.3 is 0 Å². The van der Waals surface area contributed by atoms with Crippen LogP contribution < -0.4 is 10.5 Å². The molecule has 3 aromatic rings. The molecule has 1 amide bonds. The van der Waals surface area contributed by atoms with Crippen molar-refractivity contribution in [1.82, 2.24) is 9.55 Å². The zero-order chi connectivity index (χ0) is 21.5. The molecule has 1 heterocycles. The molecule has 1 atom stereocenters. The summed E-state index contributed by atoms with van der Waals surface area (Å²) in [7, 11) is 0. The number of carbonyl (C=O) groups excluding carboxylic acids is 1. The predicted molar refractivity (Wildman–Crippen MR) is 117 cm³/mol. The largest absolute Gasteiger partial charge is 0.489 e. The molecule has 0 unspecified atom stereocenters. The molecule has 2 aromatic carbocycles. The van der Waals surface area contributed by atoms with E-state index >= 15 is 0 Å². The number of nitrogens with zero attached hydrogens (tertiary/aromatic N) is 2. The SMILES string of the molecule is NC(=O)c1cn(C[C@@H](O)CCCc2ccccc2OCc2ccc(Cl)c(Cl)c2)cn1. The van der Waals surface area contributed by atoms with Crippen LogP contribution in [0.3, 0.4) is 0 Å². The predicted octanol–water partition coefficient (Wildman–Crippen LogP) is 4.25. The van der Waals surface area contributed by atoms with Crippen LogP contribution in [0.1, 0.15) is 34.5 Å². The van der Waals surface area contributed by atoms with E-state index in [9.17, 15) is 9.90 Å². The Bertz CT molecular complexity index is 1010. The van der Waals surface area contributed by atoms with E-state index in [0.717, 1.165) is 29.7 Å². The number of ether oxygens (including phenoxy) is 1. The van der Waals surface area contributed by atoms with Crippen LogP contribution in [0.4, 0.5) is 0 Å². The highest BCUT2D eigenvalue weighted by molar-refractivity contribution is 6.42. The van der Waals surface area contributed by atoms with Gasteiger partial charge in [0.05, 0.1) is 22.5 Å². The van der Waals surface area contributed by atoms with Crippen molar-refractivity contribution in [1.29, 1.82) is 0 Å². The quantitative estimate of drug-likeness (QED) is 0.485. The van der Waals surface area contributed by atoms with Gasteiger partial charge in [0, 0.05) is 12.7 Å². The highest BCUT2D eigenvalue weighted by atomic mass is 35.5. The molecule has 0 fully saturated rings. The third-order valence-electron chi connectivity index (χ3n) is 4.64. The first-order chi connectivity index (χ1) is 14.4. The summed E-state index contributed by atoms with van der Waals surface area (Å²) in [5, 5.41) is 11.3. The van der Waals surface area contributed by atoms with E-state index in [1.807, 2.05) is 30.3 Å². The van der Waals surface area contributed by atoms with Gasteiger partial charge in [-0.15, -0.1) is 0 Å². The van der Waals surface area contributed by atoms with E-state index in [1.54, 1.807) is 16.7 Å². The van der Waals surface area contributed by atoms with Gasteiger partial charge < -0.3 is 20.1 Å². The lowest BCUT2D eigenvalue weighted by atomic mass is 10.0. The molecule has 158 valence electrons. The average Bonchev–Trinajstić information content (AvgIpc) is 3.18. The first kappa shape index (κ1) is 22.2. The van der Waals surface area contributed by atoms with Crippen LogP contribution in [0.15, 0.2) is 55.0 Å². The highest BCUT2D eigenvalue weighted by Crippen LogP contribution is 2.25. The number of nitrogens with two attached hydrogens (primary N) is 1. The number of amides is 1. The number of aliphatic hydroxyl groups excluding tert-OH is 1. The number of carbonyl (C=O) groups is 1. The molecule has 0 aliphatic heterocycles. The Morgan fingerprint density at radius 2 is 2.00 bits per heavy atom. The Hall–Kier alpha value is -2.54. The summed E-state index contributed by atoms with van der Waals surface area (Å²) in [5.41, 5.74) is 7.39. The lowest BCUT2D eigenvalue weighted by molar-refractivity contribution is 0.0995. The van der Waals surface area contributed by atoms with Crippen LogP contribution in [0, 0.1) is 0 Å². The van der Waals surface area contributed by atoms with Crippen LogP contribution in [-0.4, -0.2) is 26.7 Å². The third kappa shape index (κ3) is 6.23. The smallest absolute Gasteiger partial charge is 0.268 e. The van der Waals surface area contributed by atoms with Gasteiger partial charge in [-0.05, 0) is 48.6 Å². The molecule has 6 nitrogen and oxygen atoms in total. The standard InChI is InChI=1S/C22H23Cl2N3O3/c23-18-9-8-15(10-19(18)24)13-30-21-7-2-1-4-16(21)5-3-6-17(28)11-27-12-20(22(25)29)26-14-27/h1-2,4,7-10,12,14,17,28H,3,5-6,11,13H2,(H2,25,29)/t17-/m0/s1. The molecule has 0 spiro atoms. The summed E-state index contributed by atoms with van der Waals surface area (Å²) >= 11 is 12.0. The number of primary amides is 1. The number of para-hydroxylation sites is 1. The molecule has 0 radical (unpaired) electrons. The second kappa shape index (κ2) is 10.5. The van der Waals surface area contributed by atoms with Crippen molar-refractivity contribution in [2.75, 3.05) is 0 Å². The van der Waals surface area contributed by atoms with Crippen molar-refractivity contribution in [2.45, 2.75) is 38.5 Å². The summed E-state index contributed by atoms with van der Waals surface area (Å²) in [6, 6.07) is 13.3. The number of hydrogen-bond acceptors (Lipinski definition) is 4. The minimum Gasteiger partial charge on any atom is -0.489 e. The minimum atomic E-state index is -0.583. The summed E-state index contributed by atoms with van der Waals surface area (Å²) in [6.45, 7) is 0.745. The first-order valence-electron chi connectivity index (χ1n) is 9.56. The van der Waals surface area contributed by atoms with E-state index in [-0.39, 0.29) is 5.69 Å². The lowest BCUT2D eigenvalue weighted by Crippen LogP contribution is -2.15. The van der Waals surface area contributed by atoms with Crippen molar-refractivity contribution in [3.63, 3.8) is 0 Å². The summed E-state index contributed by atoms with van der Waals surface area (Å²) in [5.74, 6) is 0.222. The van der Waals surface area contributed by atoms with Crippen LogP contribution in [0.25, 0.3) is 0 Å². The Balaban J connectivity index is 1.50. The normalized spacial score (nSPS) is 12.0. The van der Waals surface area contributed by atoms with E-state index in [1.165, 1.54) is 12.5 Å². The fraction of sp³-hybridized carbons (Fsp3) is 0.273. The van der Waals surface area contributed by atoms with Gasteiger partial charge in [0.25, 0.3) is 5.91 Å². The van der Waals surface area contributed by atoms with Crippen LogP contribution in [0.2, 0.25) is 10.0 Å². The third-order valence-corrected chi connectivity index (χ3v) is 5.38. The van der Waals surface area contributed by atoms with E-state index in [0.29, 0.717) is 29.6 Å². The summed E-state index contributed by atoms with van der Waals surface area (Å²) in [6.07, 6.45) is 4.64. The number of aromatic nitrogens is 2. The van der Waals surface area contributed by atoms with Gasteiger partial charge in [-0.3, -0.25) is 4.79 Å². The Kier molecular flexibility index (Phi) is 7.74. The van der Waals surface area contributed by atoms with Crippen molar-refractivity contribution >= 4 is 29.1 Å². The number of benzene rings is 2. The Morgan fingerprint density at radius 3 is 2.73 bits per heavy atom. The second-order valence-electron chi connectivity index (χ2n) is 7.01. The molecule has 3 N–H and O–H groups in total. The number of imidazole rings is 1. The molecule has 0 bridgehead atoms. The van der Waals surface area contributed by atoms with Crippen molar-refractivity contribution < 1.29 is 14.6 Å². The van der Waals surface area contributed by atoms with E-state index in [4.69, 9.17) is 33.7 Å². The number of halogens is 2. The fourth-order valence-electron chi connectivity index (χ4n) is 3.09. The van der Waals surface area contributed by atoms with Gasteiger partial charge in [-0.2, -0.15) is 0 Å². The lowest BCUT2D eigenvalue weighted by Gasteiger charge is -2.14. The molecule has 8 heteroatoms. The van der Waals surface area contributed by atoms with E-state index < -0.39 is 12.0 Å². The number of aliphatic hydroxyl groups is 1. The fourth-order valence-corrected chi connectivity index (χ4v) is 3.41. The van der Waals surface area contributed by atoms with Gasteiger partial charge in [-0.1, -0.05) is 47.5 Å². The van der Waals surface area contributed by atoms with E-state index in [2.05, 4.69) is 4.98 Å². The van der Waals surface area contributed by atoms with Crippen molar-refractivity contribution in [2.24, 2.45) is 5.73 Å². The molecular weight excluding hydrogens is 425 g/mol. The topological polar surface area (TPSA) is 90.4 Å². The van der Waals surface area contributed by atoms with Crippen LogP contribution >= 0.6 is 23.2 Å². The molecule has 1 aromatic heterocycles. The highest BCUT2D eigenvalue weighted by Gasteiger charge is 2.10. The zero-order valence-corrected chi connectivity index (χ0v) is 17.8. The first-order valence-corrected chi connectivity index (χ1v) is 10.3. The van der Waals surface area contributed by atoms with Crippen molar-refractivity contribution in [3.05, 3.63) is 81.9 Å². The number of hydrogen-bond donors (Lipinski definition) is 2. The Morgan fingerprint density at radius 1 is 1.20 bits per heavy atom. The van der Waals surface area contributed by atoms with Gasteiger partial charge in [0.1, 0.15) is 18.1 Å². The molecule has 0 aliphatic rings. The maximum Gasteiger partial charge on any atom is 0.268 e. The summed E-state index contributed by atoms with van der Waals surface area (Å²) < 4.78 is 7.64.